The molecule has 0 fully saturated rings. The number of hydrogen-bond acceptors (Lipinski definition) is 4. The first-order valence-electron chi connectivity index (χ1n) is 7.81. The first-order valence-corrected chi connectivity index (χ1v) is 7.81. The minimum Gasteiger partial charge on any atom is -0.481 e. The van der Waals surface area contributed by atoms with Gasteiger partial charge >= 0.3 is 5.97 Å². The fourth-order valence-electron chi connectivity index (χ4n) is 2.34. The van der Waals surface area contributed by atoms with Gasteiger partial charge in [0.15, 0.2) is 0 Å². The fourth-order valence-corrected chi connectivity index (χ4v) is 2.34. The van der Waals surface area contributed by atoms with Crippen LogP contribution in [0, 0.1) is 6.92 Å². The van der Waals surface area contributed by atoms with Gasteiger partial charge in [0.05, 0.1) is 12.1 Å². The van der Waals surface area contributed by atoms with Crippen molar-refractivity contribution in [3.63, 3.8) is 0 Å². The van der Waals surface area contributed by atoms with Gasteiger partial charge < -0.3 is 15.4 Å². The molecule has 25 heavy (non-hydrogen) atoms. The van der Waals surface area contributed by atoms with Gasteiger partial charge in [-0.2, -0.15) is 0 Å². The average Bonchev–Trinajstić information content (AvgIpc) is 2.45. The van der Waals surface area contributed by atoms with Crippen molar-refractivity contribution >= 4 is 17.6 Å². The summed E-state index contributed by atoms with van der Waals surface area (Å²) in [5, 5.41) is 11.5. The second-order valence-corrected chi connectivity index (χ2v) is 6.85. The Balaban J connectivity index is 2.30. The smallest absolute Gasteiger partial charge is 0.307 e. The lowest BCUT2D eigenvalue weighted by Crippen LogP contribution is -2.30. The number of benzene rings is 1. The maximum absolute atomic E-state index is 12.5. The Morgan fingerprint density at radius 1 is 1.28 bits per heavy atom. The second-order valence-electron chi connectivity index (χ2n) is 6.85. The van der Waals surface area contributed by atoms with Crippen molar-refractivity contribution in [1.82, 2.24) is 9.97 Å². The molecule has 7 heteroatoms. The zero-order valence-electron chi connectivity index (χ0n) is 14.6. The lowest BCUT2D eigenvalue weighted by molar-refractivity contribution is -0.136. The monoisotopic (exact) mass is 343 g/mol. The number of nitrogens with one attached hydrogen (secondary N) is 2. The maximum Gasteiger partial charge on any atom is 0.307 e. The number of carboxylic acids is 1. The number of hydrogen-bond donors (Lipinski definition) is 3. The number of nitrogens with zero attached hydrogens (tertiary/aromatic N) is 1. The molecule has 0 aliphatic rings. The number of anilines is 1. The van der Waals surface area contributed by atoms with Crippen molar-refractivity contribution in [1.29, 1.82) is 0 Å². The van der Waals surface area contributed by atoms with Crippen LogP contribution >= 0.6 is 0 Å². The molecule has 0 spiro atoms. The number of carbonyl (C=O) groups is 2. The highest BCUT2D eigenvalue weighted by Crippen LogP contribution is 2.18. The number of aromatic amines is 1. The summed E-state index contributed by atoms with van der Waals surface area (Å²) in [5.74, 6) is -1.04. The van der Waals surface area contributed by atoms with Gasteiger partial charge in [0.2, 0.25) is 0 Å². The van der Waals surface area contributed by atoms with Gasteiger partial charge in [0, 0.05) is 11.1 Å². The van der Waals surface area contributed by atoms with Crippen LogP contribution in [0.1, 0.15) is 48.2 Å². The van der Waals surface area contributed by atoms with Crippen molar-refractivity contribution in [3.05, 3.63) is 57.3 Å². The summed E-state index contributed by atoms with van der Waals surface area (Å²) in [6.07, 6.45) is -0.148. The highest BCUT2D eigenvalue weighted by Gasteiger charge is 2.22. The number of aryl methyl sites for hydroxylation is 1. The summed E-state index contributed by atoms with van der Waals surface area (Å²) in [6, 6.07) is 6.49. The van der Waals surface area contributed by atoms with Crippen molar-refractivity contribution in [2.75, 3.05) is 5.32 Å². The van der Waals surface area contributed by atoms with E-state index in [4.69, 9.17) is 5.11 Å². The first kappa shape index (κ1) is 18.4. The first-order chi connectivity index (χ1) is 11.6. The topological polar surface area (TPSA) is 112 Å². The van der Waals surface area contributed by atoms with Crippen LogP contribution in [-0.4, -0.2) is 27.0 Å². The normalized spacial score (nSPS) is 11.2. The molecule has 0 aliphatic carbocycles. The van der Waals surface area contributed by atoms with Crippen LogP contribution in [0.3, 0.4) is 0 Å². The molecule has 7 nitrogen and oxygen atoms in total. The van der Waals surface area contributed by atoms with Gasteiger partial charge in [-0.1, -0.05) is 32.9 Å². The van der Waals surface area contributed by atoms with E-state index >= 15 is 0 Å². The lowest BCUT2D eigenvalue weighted by Gasteiger charge is -2.18. The summed E-state index contributed by atoms with van der Waals surface area (Å²) < 4.78 is 0. The van der Waals surface area contributed by atoms with Crippen LogP contribution in [0.25, 0.3) is 0 Å². The Morgan fingerprint density at radius 2 is 1.96 bits per heavy atom. The molecule has 1 amide bonds. The van der Waals surface area contributed by atoms with Crippen molar-refractivity contribution in [2.24, 2.45) is 0 Å². The highest BCUT2D eigenvalue weighted by atomic mass is 16.4. The number of rotatable bonds is 4. The van der Waals surface area contributed by atoms with Crippen LogP contribution in [0.4, 0.5) is 5.69 Å². The van der Waals surface area contributed by atoms with E-state index in [-0.39, 0.29) is 17.4 Å². The highest BCUT2D eigenvalue weighted by molar-refractivity contribution is 6.04. The fraction of sp³-hybridized carbons (Fsp3) is 0.333. The Labute approximate surface area is 145 Å². The summed E-state index contributed by atoms with van der Waals surface area (Å²) in [5.41, 5.74) is 0.407. The summed E-state index contributed by atoms with van der Waals surface area (Å²) >= 11 is 0. The van der Waals surface area contributed by atoms with E-state index in [1.165, 1.54) is 0 Å². The molecule has 2 rings (SSSR count). The zero-order chi connectivity index (χ0) is 18.8. The van der Waals surface area contributed by atoms with Crippen molar-refractivity contribution < 1.29 is 14.7 Å². The molecular formula is C18H21N3O4. The van der Waals surface area contributed by atoms with E-state index in [1.54, 1.807) is 31.2 Å². The molecule has 0 unspecified atom stereocenters. The Kier molecular flexibility index (Phi) is 5.06. The Hall–Kier alpha value is -2.96. The maximum atomic E-state index is 12.5. The predicted molar refractivity (Wildman–Crippen MR) is 94.0 cm³/mol. The van der Waals surface area contributed by atoms with Crippen molar-refractivity contribution in [2.45, 2.75) is 39.5 Å². The van der Waals surface area contributed by atoms with Crippen LogP contribution in [0.15, 0.2) is 29.1 Å². The third kappa shape index (κ3) is 4.53. The molecular weight excluding hydrogens is 322 g/mol. The van der Waals surface area contributed by atoms with E-state index in [1.807, 2.05) is 20.8 Å². The van der Waals surface area contributed by atoms with E-state index in [9.17, 15) is 14.4 Å². The minimum absolute atomic E-state index is 0.0587. The molecule has 2 aromatic rings. The number of carboxylic acid groups (broad SMARTS) is 1. The number of aromatic nitrogens is 2. The number of H-pyrrole nitrogens is 1. The Bertz CT molecular complexity index is 879. The van der Waals surface area contributed by atoms with Gasteiger partial charge in [0.1, 0.15) is 11.4 Å². The van der Waals surface area contributed by atoms with E-state index in [2.05, 4.69) is 15.3 Å². The molecule has 1 aromatic heterocycles. The molecule has 0 radical (unpaired) electrons. The zero-order valence-corrected chi connectivity index (χ0v) is 14.6. The summed E-state index contributed by atoms with van der Waals surface area (Å²) in [4.78, 5) is 42.6. The minimum atomic E-state index is -0.960. The number of aliphatic carboxylic acids is 1. The molecule has 0 atom stereocenters. The number of carbonyl (C=O) groups excluding carboxylic acids is 1. The molecule has 132 valence electrons. The van der Waals surface area contributed by atoms with Crippen LogP contribution in [0.2, 0.25) is 0 Å². The van der Waals surface area contributed by atoms with Crippen LogP contribution in [-0.2, 0) is 16.6 Å². The SMILES string of the molecule is Cc1nc(C(C)(C)C)[nH]c(=O)c1C(=O)Nc1cccc(CC(=O)O)c1. The summed E-state index contributed by atoms with van der Waals surface area (Å²) in [6.45, 7) is 7.36. The van der Waals surface area contributed by atoms with Crippen LogP contribution < -0.4 is 10.9 Å². The van der Waals surface area contributed by atoms with Gasteiger partial charge in [-0.05, 0) is 24.6 Å². The molecule has 0 saturated heterocycles. The Morgan fingerprint density at radius 3 is 2.52 bits per heavy atom. The molecule has 0 saturated carbocycles. The molecule has 3 N–H and O–H groups in total. The largest absolute Gasteiger partial charge is 0.481 e. The summed E-state index contributed by atoms with van der Waals surface area (Å²) in [7, 11) is 0. The lowest BCUT2D eigenvalue weighted by atomic mass is 9.95. The molecule has 1 heterocycles. The van der Waals surface area contributed by atoms with Gasteiger partial charge in [-0.3, -0.25) is 14.4 Å². The average molecular weight is 343 g/mol. The van der Waals surface area contributed by atoms with Crippen LogP contribution in [0.5, 0.6) is 0 Å². The third-order valence-corrected chi connectivity index (χ3v) is 3.58. The number of amides is 1. The van der Waals surface area contributed by atoms with Gasteiger partial charge in [-0.15, -0.1) is 0 Å². The van der Waals surface area contributed by atoms with Gasteiger partial charge in [-0.25, -0.2) is 4.98 Å². The van der Waals surface area contributed by atoms with Crippen molar-refractivity contribution in [3.8, 4) is 0 Å². The second kappa shape index (κ2) is 6.88. The third-order valence-electron chi connectivity index (χ3n) is 3.58. The van der Waals surface area contributed by atoms with Gasteiger partial charge in [0.25, 0.3) is 11.5 Å². The quantitative estimate of drug-likeness (QED) is 0.788. The molecule has 1 aromatic carbocycles. The molecule has 0 aliphatic heterocycles. The van der Waals surface area contributed by atoms with E-state index in [0.717, 1.165) is 0 Å². The van der Waals surface area contributed by atoms with E-state index in [0.29, 0.717) is 22.8 Å². The van der Waals surface area contributed by atoms with E-state index < -0.39 is 17.4 Å². The standard InChI is InChI=1S/C18H21N3O4/c1-10-14(16(25)21-17(19-10)18(2,3)4)15(24)20-12-7-5-6-11(8-12)9-13(22)23/h5-8H,9H2,1-4H3,(H,20,24)(H,22,23)(H,19,21,25). The molecule has 0 bridgehead atoms. The predicted octanol–water partition coefficient (Wildman–Crippen LogP) is 2.26.